The van der Waals surface area contributed by atoms with Crippen LogP contribution in [0.25, 0.3) is 0 Å². The Kier molecular flexibility index (Phi) is 10.6. The number of benzene rings is 3. The van der Waals surface area contributed by atoms with Crippen LogP contribution < -0.4 is 10.6 Å². The lowest BCUT2D eigenvalue weighted by Crippen LogP contribution is -2.52. The van der Waals surface area contributed by atoms with Gasteiger partial charge in [0, 0.05) is 11.4 Å². The molecule has 4 N–H and O–H groups in total. The zero-order valence-corrected chi connectivity index (χ0v) is 23.0. The van der Waals surface area contributed by atoms with Crippen molar-refractivity contribution in [1.82, 2.24) is 0 Å². The fourth-order valence-electron chi connectivity index (χ4n) is 3.06. The normalized spacial score (nSPS) is 14.3. The number of anilines is 2. The minimum Gasteiger partial charge on any atom is -0.376 e. The Morgan fingerprint density at radius 2 is 1.31 bits per heavy atom. The number of nitrogens with zero attached hydrogens (tertiary/aromatic N) is 1. The molecule has 0 spiro atoms. The minimum atomic E-state index is -5.08. The van der Waals surface area contributed by atoms with Crippen LogP contribution in [0, 0.1) is 11.3 Å². The molecule has 0 bridgehead atoms. The van der Waals surface area contributed by atoms with Crippen molar-refractivity contribution in [3.05, 3.63) is 93.5 Å². The predicted octanol–water partition coefficient (Wildman–Crippen LogP) is 6.67. The molecule has 0 aromatic heterocycles. The Morgan fingerprint density at radius 1 is 0.786 bits per heavy atom. The molecule has 2 atom stereocenters. The molecule has 0 aliphatic carbocycles. The first-order chi connectivity index (χ1) is 19.2. The van der Waals surface area contributed by atoms with E-state index in [0.29, 0.717) is 18.6 Å². The number of nitrogens with one attached hydrogen (secondary N) is 2. The van der Waals surface area contributed by atoms with Crippen LogP contribution in [0.15, 0.2) is 66.7 Å². The third-order valence-corrected chi connectivity index (χ3v) is 6.39. The lowest BCUT2D eigenvalue weighted by molar-refractivity contribution is -0.242. The second kappa shape index (κ2) is 13.0. The van der Waals surface area contributed by atoms with Crippen LogP contribution in [-0.2, 0) is 21.4 Å². The first kappa shape index (κ1) is 34.4. The summed E-state index contributed by atoms with van der Waals surface area (Å²) in [6.07, 6.45) is -9.80. The van der Waals surface area contributed by atoms with E-state index < -0.39 is 46.5 Å². The summed E-state index contributed by atoms with van der Waals surface area (Å²) >= 11 is 11.2. The molecule has 2 unspecified atom stereocenters. The summed E-state index contributed by atoms with van der Waals surface area (Å²) in [4.78, 5) is 23.6. The Balaban J connectivity index is 0.000000307. The molecule has 2 amide bonds. The number of nitriles is 1. The lowest BCUT2D eigenvalue weighted by atomic mass is 9.95. The number of hydrogen-bond donors (Lipinski definition) is 4. The number of amides is 2. The van der Waals surface area contributed by atoms with Crippen LogP contribution in [0.4, 0.5) is 37.7 Å². The summed E-state index contributed by atoms with van der Waals surface area (Å²) in [6, 6.07) is 16.0. The second-order valence-electron chi connectivity index (χ2n) is 8.92. The molecule has 0 heterocycles. The highest BCUT2D eigenvalue weighted by Gasteiger charge is 2.55. The van der Waals surface area contributed by atoms with Gasteiger partial charge >= 0.3 is 12.4 Å². The van der Waals surface area contributed by atoms with Crippen molar-refractivity contribution in [3.63, 3.8) is 0 Å². The Bertz CT molecular complexity index is 1490. The topological polar surface area (TPSA) is 122 Å². The van der Waals surface area contributed by atoms with Crippen molar-refractivity contribution >= 4 is 46.4 Å². The number of rotatable bonds is 5. The predicted molar refractivity (Wildman–Crippen MR) is 143 cm³/mol. The van der Waals surface area contributed by atoms with Crippen molar-refractivity contribution in [2.75, 3.05) is 10.6 Å². The van der Waals surface area contributed by atoms with Crippen LogP contribution in [0.3, 0.4) is 0 Å². The molecule has 0 aliphatic heterocycles. The van der Waals surface area contributed by atoms with Gasteiger partial charge in [0.05, 0.1) is 27.2 Å². The molecular weight excluding hydrogens is 615 g/mol. The highest BCUT2D eigenvalue weighted by molar-refractivity contribution is 6.42. The zero-order chi connectivity index (χ0) is 32.1. The van der Waals surface area contributed by atoms with Crippen molar-refractivity contribution < 1.29 is 46.1 Å². The highest BCUT2D eigenvalue weighted by Crippen LogP contribution is 2.34. The summed E-state index contributed by atoms with van der Waals surface area (Å²) in [5, 5.41) is 32.6. The van der Waals surface area contributed by atoms with Crippen molar-refractivity contribution in [2.45, 2.75) is 37.4 Å². The van der Waals surface area contributed by atoms with Gasteiger partial charge in [0.15, 0.2) is 5.60 Å². The summed E-state index contributed by atoms with van der Waals surface area (Å²) < 4.78 is 75.9. The van der Waals surface area contributed by atoms with E-state index in [1.54, 1.807) is 18.2 Å². The fourth-order valence-corrected chi connectivity index (χ4v) is 3.35. The molecule has 0 aliphatic rings. The first-order valence-electron chi connectivity index (χ1n) is 11.5. The molecule has 0 saturated heterocycles. The van der Waals surface area contributed by atoms with Crippen molar-refractivity contribution in [2.24, 2.45) is 0 Å². The van der Waals surface area contributed by atoms with E-state index in [1.807, 2.05) is 5.32 Å². The summed E-state index contributed by atoms with van der Waals surface area (Å²) in [7, 11) is 0. The third kappa shape index (κ3) is 8.36. The van der Waals surface area contributed by atoms with E-state index in [2.05, 4.69) is 5.32 Å². The van der Waals surface area contributed by atoms with Crippen molar-refractivity contribution in [3.8, 4) is 6.07 Å². The standard InChI is InChI=1S/C17H13F3N2O2.C10H8Cl2F3NO2/c1-16(24,12-5-3-2-4-6-12)15(23)22-13-8-7-11(10-21)14(9-13)17(18,19)20;1-9(18,10(13,14)15)8(17)16-5-2-3-6(11)7(12)4-5/h2-9,24H,1H3,(H,22,23);2-4,18H,1H3,(H,16,17). The van der Waals surface area contributed by atoms with Crippen LogP contribution in [0.2, 0.25) is 10.0 Å². The molecule has 42 heavy (non-hydrogen) atoms. The molecule has 0 fully saturated rings. The quantitative estimate of drug-likeness (QED) is 0.233. The van der Waals surface area contributed by atoms with Gasteiger partial charge in [-0.2, -0.15) is 31.6 Å². The van der Waals surface area contributed by atoms with E-state index in [9.17, 15) is 41.0 Å². The molecule has 3 aromatic rings. The van der Waals surface area contributed by atoms with Gasteiger partial charge in [-0.15, -0.1) is 0 Å². The molecule has 3 aromatic carbocycles. The number of halogens is 8. The molecule has 0 radical (unpaired) electrons. The van der Waals surface area contributed by atoms with Crippen LogP contribution in [-0.4, -0.2) is 33.8 Å². The van der Waals surface area contributed by atoms with E-state index >= 15 is 0 Å². The average molecular weight is 636 g/mol. The minimum absolute atomic E-state index is 0.000995. The highest BCUT2D eigenvalue weighted by atomic mass is 35.5. The number of alkyl halides is 6. The van der Waals surface area contributed by atoms with Crippen LogP contribution >= 0.6 is 23.2 Å². The number of carbonyl (C=O) groups is 2. The Hall–Kier alpha value is -3.83. The summed E-state index contributed by atoms with van der Waals surface area (Å²) in [5.74, 6) is -2.49. The van der Waals surface area contributed by atoms with Gasteiger partial charge in [0.2, 0.25) is 5.60 Å². The molecule has 0 saturated carbocycles. The van der Waals surface area contributed by atoms with Gasteiger partial charge in [0.1, 0.15) is 0 Å². The lowest BCUT2D eigenvalue weighted by Gasteiger charge is -2.24. The van der Waals surface area contributed by atoms with E-state index in [-0.39, 0.29) is 21.4 Å². The van der Waals surface area contributed by atoms with Crippen LogP contribution in [0.5, 0.6) is 0 Å². The Morgan fingerprint density at radius 3 is 1.81 bits per heavy atom. The number of carbonyl (C=O) groups excluding carboxylic acids is 2. The maximum atomic E-state index is 12.9. The van der Waals surface area contributed by atoms with E-state index in [0.717, 1.165) is 6.07 Å². The first-order valence-corrected chi connectivity index (χ1v) is 12.2. The van der Waals surface area contributed by atoms with Gasteiger partial charge in [0.25, 0.3) is 11.8 Å². The molecule has 7 nitrogen and oxygen atoms in total. The SMILES string of the molecule is CC(O)(C(=O)Nc1ccc(C#N)c(C(F)(F)F)c1)c1ccccc1.CC(O)(C(=O)Nc1ccc(Cl)c(Cl)c1)C(F)(F)F. The monoisotopic (exact) mass is 635 g/mol. The Labute approximate surface area is 245 Å². The maximum absolute atomic E-state index is 12.9. The average Bonchev–Trinajstić information content (AvgIpc) is 2.90. The third-order valence-electron chi connectivity index (χ3n) is 5.65. The van der Waals surface area contributed by atoms with Crippen LogP contribution in [0.1, 0.15) is 30.5 Å². The zero-order valence-electron chi connectivity index (χ0n) is 21.5. The van der Waals surface area contributed by atoms with E-state index in [1.165, 1.54) is 49.4 Å². The fraction of sp³-hybridized carbons (Fsp3) is 0.222. The van der Waals surface area contributed by atoms with Gasteiger partial charge in [-0.25, -0.2) is 0 Å². The van der Waals surface area contributed by atoms with Gasteiger partial charge in [-0.1, -0.05) is 53.5 Å². The summed E-state index contributed by atoms with van der Waals surface area (Å²) in [6.45, 7) is 1.60. The second-order valence-corrected chi connectivity index (χ2v) is 9.73. The van der Waals surface area contributed by atoms with Gasteiger partial charge in [-0.05, 0) is 55.8 Å². The van der Waals surface area contributed by atoms with Crippen molar-refractivity contribution in [1.29, 1.82) is 5.26 Å². The van der Waals surface area contributed by atoms with E-state index in [4.69, 9.17) is 33.6 Å². The number of aliphatic hydroxyl groups is 2. The maximum Gasteiger partial charge on any atom is 0.426 e. The molecule has 15 heteroatoms. The van der Waals surface area contributed by atoms with Gasteiger partial charge in [-0.3, -0.25) is 9.59 Å². The smallest absolute Gasteiger partial charge is 0.376 e. The number of hydrogen-bond acceptors (Lipinski definition) is 5. The largest absolute Gasteiger partial charge is 0.426 e. The van der Waals surface area contributed by atoms with Gasteiger partial charge < -0.3 is 20.8 Å². The molecule has 224 valence electrons. The molecular formula is C27H21Cl2F6N3O4. The summed E-state index contributed by atoms with van der Waals surface area (Å²) in [5.41, 5.74) is -6.97. The molecule has 3 rings (SSSR count).